The summed E-state index contributed by atoms with van der Waals surface area (Å²) in [5.41, 5.74) is 3.83. The molecule has 4 N–H and O–H groups in total. The molecule has 0 aliphatic heterocycles. The first-order valence-corrected chi connectivity index (χ1v) is 7.60. The first-order chi connectivity index (χ1) is 9.42. The maximum absolute atomic E-state index is 9.19. The zero-order valence-corrected chi connectivity index (χ0v) is 12.0. The van der Waals surface area contributed by atoms with E-state index in [9.17, 15) is 8.42 Å². The van der Waals surface area contributed by atoms with Crippen LogP contribution in [0.4, 0.5) is 0 Å². The largest absolute Gasteiger partial charge is 0.271 e. The Labute approximate surface area is 119 Å². The topological polar surface area (TPSA) is 86.2 Å². The number of hydrogen-bond donors (Lipinski definition) is 2. The molecule has 20 heavy (non-hydrogen) atoms. The van der Waals surface area contributed by atoms with E-state index in [0.717, 1.165) is 0 Å². The minimum Gasteiger partial charge on any atom is -0.216 e. The molecule has 0 atom stereocenters. The Hall–Kier alpha value is -1.95. The molecular formula is C15H18N2O2S. The van der Waals surface area contributed by atoms with E-state index in [1.54, 1.807) is 0 Å². The Morgan fingerprint density at radius 1 is 0.850 bits per heavy atom. The molecule has 0 unspecified atom stereocenters. The molecule has 2 aromatic rings. The quantitative estimate of drug-likeness (QED) is 0.889. The van der Waals surface area contributed by atoms with E-state index >= 15 is 0 Å². The lowest BCUT2D eigenvalue weighted by Gasteiger charge is -2.06. The van der Waals surface area contributed by atoms with Crippen molar-refractivity contribution in [1.82, 2.24) is 0 Å². The van der Waals surface area contributed by atoms with Gasteiger partial charge in [-0.25, -0.2) is 10.3 Å². The van der Waals surface area contributed by atoms with Gasteiger partial charge in [0.1, 0.15) is 0 Å². The van der Waals surface area contributed by atoms with Crippen LogP contribution in [0.5, 0.6) is 0 Å². The first kappa shape index (κ1) is 16.1. The molecule has 0 heterocycles. The van der Waals surface area contributed by atoms with Gasteiger partial charge in [0.15, 0.2) is 0 Å². The lowest BCUT2D eigenvalue weighted by Crippen LogP contribution is -2.21. The maximum atomic E-state index is 9.19. The molecule has 106 valence electrons. The van der Waals surface area contributed by atoms with E-state index in [-0.39, 0.29) is 0 Å². The van der Waals surface area contributed by atoms with Gasteiger partial charge < -0.3 is 0 Å². The Bertz CT molecular complexity index is 601. The van der Waals surface area contributed by atoms with Gasteiger partial charge in [-0.3, -0.25) is 0 Å². The van der Waals surface area contributed by atoms with Gasteiger partial charge in [0.2, 0.25) is 0 Å². The highest BCUT2D eigenvalue weighted by Gasteiger charge is 2.01. The fourth-order valence-electron chi connectivity index (χ4n) is 1.74. The van der Waals surface area contributed by atoms with Gasteiger partial charge in [0.05, 0.1) is 0 Å². The summed E-state index contributed by atoms with van der Waals surface area (Å²) < 4.78 is 18.4. The highest BCUT2D eigenvalue weighted by molar-refractivity contribution is 7.86. The number of benzene rings is 2. The highest BCUT2D eigenvalue weighted by Crippen LogP contribution is 2.22. The van der Waals surface area contributed by atoms with Gasteiger partial charge in [0, 0.05) is 0 Å². The van der Waals surface area contributed by atoms with E-state index in [1.807, 2.05) is 12.1 Å². The zero-order valence-electron chi connectivity index (χ0n) is 11.2. The van der Waals surface area contributed by atoms with E-state index in [4.69, 9.17) is 0 Å². The lowest BCUT2D eigenvalue weighted by atomic mass is 9.98. The third kappa shape index (κ3) is 6.29. The average Bonchev–Trinajstić information content (AvgIpc) is 2.40. The highest BCUT2D eigenvalue weighted by atomic mass is 32.2. The van der Waals surface area contributed by atoms with Crippen LogP contribution in [0.25, 0.3) is 5.57 Å². The average molecular weight is 290 g/mol. The molecule has 0 aromatic heterocycles. The smallest absolute Gasteiger partial charge is 0.216 e. The second-order valence-corrected chi connectivity index (χ2v) is 5.20. The normalized spacial score (nSPS) is 10.2. The third-order valence-corrected chi connectivity index (χ3v) is 2.46. The zero-order chi connectivity index (χ0) is 15.0. The molecule has 0 saturated heterocycles. The Kier molecular flexibility index (Phi) is 6.11. The summed E-state index contributed by atoms with van der Waals surface area (Å²) >= 11 is 0. The van der Waals surface area contributed by atoms with Crippen molar-refractivity contribution in [2.24, 2.45) is 10.3 Å². The van der Waals surface area contributed by atoms with Gasteiger partial charge in [-0.2, -0.15) is 8.42 Å². The van der Waals surface area contributed by atoms with Crippen molar-refractivity contribution in [3.63, 3.8) is 0 Å². The van der Waals surface area contributed by atoms with Crippen molar-refractivity contribution < 1.29 is 8.42 Å². The van der Waals surface area contributed by atoms with Crippen LogP contribution in [-0.4, -0.2) is 8.42 Å². The van der Waals surface area contributed by atoms with Crippen molar-refractivity contribution in [3.8, 4) is 0 Å². The fourth-order valence-corrected chi connectivity index (χ4v) is 1.74. The molecular weight excluding hydrogens is 272 g/mol. The van der Waals surface area contributed by atoms with Crippen molar-refractivity contribution in [2.75, 3.05) is 0 Å². The van der Waals surface area contributed by atoms with Crippen molar-refractivity contribution in [1.29, 1.82) is 0 Å². The molecule has 4 nitrogen and oxygen atoms in total. The molecule has 0 fully saturated rings. The molecule has 2 aromatic carbocycles. The molecule has 0 spiro atoms. The van der Waals surface area contributed by atoms with Crippen LogP contribution in [-0.2, 0) is 10.2 Å². The monoisotopic (exact) mass is 290 g/mol. The minimum absolute atomic E-state index is 1.27. The molecule has 0 saturated carbocycles. The van der Waals surface area contributed by atoms with Crippen LogP contribution in [0, 0.1) is 0 Å². The summed E-state index contributed by atoms with van der Waals surface area (Å²) in [6, 6.07) is 20.9. The Morgan fingerprint density at radius 2 is 1.15 bits per heavy atom. The van der Waals surface area contributed by atoms with Crippen LogP contribution in [0.1, 0.15) is 18.1 Å². The Morgan fingerprint density at radius 3 is 1.40 bits per heavy atom. The SMILES string of the molecule is CC=C(c1ccccc1)c1ccccc1.NS(N)(=O)=O. The molecule has 0 radical (unpaired) electrons. The number of rotatable bonds is 2. The van der Waals surface area contributed by atoms with E-state index < -0.39 is 10.2 Å². The third-order valence-electron chi connectivity index (χ3n) is 2.46. The fraction of sp³-hybridized carbons (Fsp3) is 0.0667. The van der Waals surface area contributed by atoms with Gasteiger partial charge in [-0.1, -0.05) is 66.7 Å². The van der Waals surface area contributed by atoms with Gasteiger partial charge in [-0.15, -0.1) is 0 Å². The lowest BCUT2D eigenvalue weighted by molar-refractivity contribution is 0.599. The second kappa shape index (κ2) is 7.59. The van der Waals surface area contributed by atoms with Gasteiger partial charge in [-0.05, 0) is 23.6 Å². The van der Waals surface area contributed by atoms with Crippen LogP contribution in [0.2, 0.25) is 0 Å². The second-order valence-electron chi connectivity index (χ2n) is 4.02. The van der Waals surface area contributed by atoms with E-state index in [1.165, 1.54) is 16.7 Å². The van der Waals surface area contributed by atoms with Gasteiger partial charge in [0.25, 0.3) is 10.2 Å². The number of nitrogens with two attached hydrogens (primary N) is 2. The van der Waals surface area contributed by atoms with Crippen molar-refractivity contribution in [3.05, 3.63) is 77.9 Å². The van der Waals surface area contributed by atoms with Crippen molar-refractivity contribution >= 4 is 15.8 Å². The summed E-state index contributed by atoms with van der Waals surface area (Å²) in [5.74, 6) is 0. The van der Waals surface area contributed by atoms with E-state index in [0.29, 0.717) is 0 Å². The molecule has 0 aliphatic carbocycles. The van der Waals surface area contributed by atoms with Crippen molar-refractivity contribution in [2.45, 2.75) is 6.92 Å². The maximum Gasteiger partial charge on any atom is 0.271 e. The standard InChI is InChI=1S/C15H14.H4N2O2S/c1-2-15(13-9-5-3-6-10-13)14-11-7-4-8-12-14;1-5(2,3)4/h2-12H,1H3;(H4,1,2,3,4). The molecule has 0 amide bonds. The summed E-state index contributed by atoms with van der Waals surface area (Å²) in [7, 11) is -3.67. The van der Waals surface area contributed by atoms with Crippen LogP contribution in [0.3, 0.4) is 0 Å². The van der Waals surface area contributed by atoms with Crippen LogP contribution >= 0.6 is 0 Å². The predicted molar refractivity (Wildman–Crippen MR) is 82.9 cm³/mol. The first-order valence-electron chi connectivity index (χ1n) is 5.99. The summed E-state index contributed by atoms with van der Waals surface area (Å²) in [6.45, 7) is 2.08. The minimum atomic E-state index is -3.67. The summed E-state index contributed by atoms with van der Waals surface area (Å²) in [4.78, 5) is 0. The summed E-state index contributed by atoms with van der Waals surface area (Å²) in [6.07, 6.45) is 2.16. The summed E-state index contributed by atoms with van der Waals surface area (Å²) in [5, 5.41) is 8.21. The Balaban J connectivity index is 0.000000347. The van der Waals surface area contributed by atoms with Crippen LogP contribution < -0.4 is 10.3 Å². The number of hydrogen-bond acceptors (Lipinski definition) is 2. The molecule has 0 bridgehead atoms. The molecule has 2 rings (SSSR count). The predicted octanol–water partition coefficient (Wildman–Crippen LogP) is 2.29. The van der Waals surface area contributed by atoms with Gasteiger partial charge >= 0.3 is 0 Å². The molecule has 5 heteroatoms. The van der Waals surface area contributed by atoms with Crippen LogP contribution in [0.15, 0.2) is 66.7 Å². The van der Waals surface area contributed by atoms with E-state index in [2.05, 4.69) is 71.8 Å². The number of allylic oxidation sites excluding steroid dienone is 1. The molecule has 0 aliphatic rings.